The minimum Gasteiger partial charge on any atom is -0.398 e. The summed E-state index contributed by atoms with van der Waals surface area (Å²) in [6.07, 6.45) is 1.33. The minimum absolute atomic E-state index is 0.278. The number of nitrogen functional groups attached to an aromatic ring is 1. The fourth-order valence-electron chi connectivity index (χ4n) is 2.12. The van der Waals surface area contributed by atoms with E-state index >= 15 is 0 Å². The molecule has 1 fully saturated rings. The number of anilines is 1. The van der Waals surface area contributed by atoms with Gasteiger partial charge in [0.25, 0.3) is 0 Å². The number of halogens is 1. The van der Waals surface area contributed by atoms with Gasteiger partial charge in [-0.3, -0.25) is 4.90 Å². The average molecular weight is 238 g/mol. The summed E-state index contributed by atoms with van der Waals surface area (Å²) in [6.45, 7) is 5.49. The van der Waals surface area contributed by atoms with Crippen molar-refractivity contribution in [3.63, 3.8) is 0 Å². The van der Waals surface area contributed by atoms with Gasteiger partial charge >= 0.3 is 0 Å². The monoisotopic (exact) mass is 238 g/mol. The summed E-state index contributed by atoms with van der Waals surface area (Å²) in [5.74, 6) is -0.278. The molecule has 0 saturated carbocycles. The first kappa shape index (κ1) is 12.3. The van der Waals surface area contributed by atoms with Gasteiger partial charge in [0.15, 0.2) is 0 Å². The second kappa shape index (κ2) is 5.47. The molecule has 3 nitrogen and oxygen atoms in total. The third-order valence-electron chi connectivity index (χ3n) is 3.18. The number of ether oxygens (including phenoxy) is 1. The fraction of sp³-hybridized carbons (Fsp3) is 0.538. The van der Waals surface area contributed by atoms with Crippen LogP contribution in [-0.4, -0.2) is 30.7 Å². The zero-order valence-electron chi connectivity index (χ0n) is 10.2. The van der Waals surface area contributed by atoms with Crippen LogP contribution in [0.15, 0.2) is 18.2 Å². The predicted molar refractivity (Wildman–Crippen MR) is 66.1 cm³/mol. The lowest BCUT2D eigenvalue weighted by atomic mass is 10.1. The van der Waals surface area contributed by atoms with E-state index in [0.717, 1.165) is 38.2 Å². The smallest absolute Gasteiger partial charge is 0.125 e. The molecule has 0 aliphatic carbocycles. The minimum atomic E-state index is -0.278. The zero-order chi connectivity index (χ0) is 12.3. The first-order valence-corrected chi connectivity index (χ1v) is 6.07. The quantitative estimate of drug-likeness (QED) is 0.819. The fourth-order valence-corrected chi connectivity index (χ4v) is 2.12. The SMILES string of the molecule is CCC1CN(Cc2ccc(F)cc2N)CCO1. The molecule has 1 atom stereocenters. The summed E-state index contributed by atoms with van der Waals surface area (Å²) in [7, 11) is 0. The van der Waals surface area contributed by atoms with Crippen LogP contribution >= 0.6 is 0 Å². The van der Waals surface area contributed by atoms with Gasteiger partial charge in [0.1, 0.15) is 5.82 Å². The molecule has 1 saturated heterocycles. The number of morpholine rings is 1. The third kappa shape index (κ3) is 3.17. The summed E-state index contributed by atoms with van der Waals surface area (Å²) in [4.78, 5) is 2.31. The largest absolute Gasteiger partial charge is 0.398 e. The topological polar surface area (TPSA) is 38.5 Å². The first-order valence-electron chi connectivity index (χ1n) is 6.07. The number of rotatable bonds is 3. The lowest BCUT2D eigenvalue weighted by molar-refractivity contribution is -0.0324. The lowest BCUT2D eigenvalue weighted by Gasteiger charge is -2.32. The molecule has 4 heteroatoms. The Kier molecular flexibility index (Phi) is 3.97. The van der Waals surface area contributed by atoms with Gasteiger partial charge in [-0.1, -0.05) is 13.0 Å². The van der Waals surface area contributed by atoms with Crippen LogP contribution in [0.5, 0.6) is 0 Å². The molecule has 0 bridgehead atoms. The molecular weight excluding hydrogens is 219 g/mol. The van der Waals surface area contributed by atoms with E-state index in [4.69, 9.17) is 10.5 Å². The highest BCUT2D eigenvalue weighted by Gasteiger charge is 2.19. The number of benzene rings is 1. The van der Waals surface area contributed by atoms with Crippen molar-refractivity contribution < 1.29 is 9.13 Å². The Morgan fingerprint density at radius 2 is 2.35 bits per heavy atom. The van der Waals surface area contributed by atoms with Gasteiger partial charge in [0, 0.05) is 25.3 Å². The molecule has 0 radical (unpaired) electrons. The summed E-state index contributed by atoms with van der Waals surface area (Å²) >= 11 is 0. The van der Waals surface area contributed by atoms with Crippen molar-refractivity contribution in [3.05, 3.63) is 29.6 Å². The van der Waals surface area contributed by atoms with Crippen LogP contribution in [0.3, 0.4) is 0 Å². The molecule has 0 aromatic heterocycles. The second-order valence-corrected chi connectivity index (χ2v) is 4.48. The van der Waals surface area contributed by atoms with Crippen molar-refractivity contribution in [2.75, 3.05) is 25.4 Å². The van der Waals surface area contributed by atoms with Crippen molar-refractivity contribution in [1.29, 1.82) is 0 Å². The van der Waals surface area contributed by atoms with Crippen LogP contribution in [0, 0.1) is 5.82 Å². The van der Waals surface area contributed by atoms with Gasteiger partial charge in [0.2, 0.25) is 0 Å². The van der Waals surface area contributed by atoms with Crippen molar-refractivity contribution >= 4 is 5.69 Å². The van der Waals surface area contributed by atoms with E-state index in [0.29, 0.717) is 11.8 Å². The molecule has 17 heavy (non-hydrogen) atoms. The third-order valence-corrected chi connectivity index (χ3v) is 3.18. The molecule has 1 heterocycles. The van der Waals surface area contributed by atoms with Crippen molar-refractivity contribution in [2.45, 2.75) is 26.0 Å². The molecule has 1 aromatic carbocycles. The van der Waals surface area contributed by atoms with Gasteiger partial charge in [-0.2, -0.15) is 0 Å². The number of hydrogen-bond acceptors (Lipinski definition) is 3. The molecule has 1 aliphatic heterocycles. The number of nitrogens with two attached hydrogens (primary N) is 1. The van der Waals surface area contributed by atoms with Crippen LogP contribution < -0.4 is 5.73 Å². The average Bonchev–Trinajstić information content (AvgIpc) is 2.33. The highest BCUT2D eigenvalue weighted by molar-refractivity contribution is 5.46. The van der Waals surface area contributed by atoms with Gasteiger partial charge in [-0.05, 0) is 24.1 Å². The van der Waals surface area contributed by atoms with Gasteiger partial charge in [-0.25, -0.2) is 4.39 Å². The van der Waals surface area contributed by atoms with Crippen LogP contribution in [0.1, 0.15) is 18.9 Å². The van der Waals surface area contributed by atoms with Crippen LogP contribution in [-0.2, 0) is 11.3 Å². The molecule has 1 unspecified atom stereocenters. The van der Waals surface area contributed by atoms with Crippen molar-refractivity contribution in [3.8, 4) is 0 Å². The highest BCUT2D eigenvalue weighted by atomic mass is 19.1. The lowest BCUT2D eigenvalue weighted by Crippen LogP contribution is -2.41. The van der Waals surface area contributed by atoms with Gasteiger partial charge in [0.05, 0.1) is 12.7 Å². The van der Waals surface area contributed by atoms with Crippen molar-refractivity contribution in [1.82, 2.24) is 4.90 Å². The molecule has 2 N–H and O–H groups in total. The predicted octanol–water partition coefficient (Wildman–Crippen LogP) is 2.02. The Morgan fingerprint density at radius 3 is 3.06 bits per heavy atom. The van der Waals surface area contributed by atoms with E-state index in [1.54, 1.807) is 6.07 Å². The summed E-state index contributed by atoms with van der Waals surface area (Å²) in [5.41, 5.74) is 7.33. The van der Waals surface area contributed by atoms with E-state index in [9.17, 15) is 4.39 Å². The Labute approximate surface area is 101 Å². The number of hydrogen-bond donors (Lipinski definition) is 1. The van der Waals surface area contributed by atoms with Gasteiger partial charge in [-0.15, -0.1) is 0 Å². The van der Waals surface area contributed by atoms with Crippen LogP contribution in [0.4, 0.5) is 10.1 Å². The molecule has 1 aromatic rings. The molecule has 0 amide bonds. The van der Waals surface area contributed by atoms with E-state index < -0.39 is 0 Å². The Hall–Kier alpha value is -1.13. The molecule has 2 rings (SSSR count). The molecule has 1 aliphatic rings. The van der Waals surface area contributed by atoms with E-state index in [2.05, 4.69) is 11.8 Å². The zero-order valence-corrected chi connectivity index (χ0v) is 10.2. The van der Waals surface area contributed by atoms with Crippen molar-refractivity contribution in [2.24, 2.45) is 0 Å². The molecule has 94 valence electrons. The standard InChI is InChI=1S/C13H19FN2O/c1-2-12-9-16(5-6-17-12)8-10-3-4-11(14)7-13(10)15/h3-4,7,12H,2,5-6,8-9,15H2,1H3. The normalized spacial score (nSPS) is 21.6. The van der Waals surface area contributed by atoms with E-state index in [1.165, 1.54) is 12.1 Å². The maximum absolute atomic E-state index is 12.9. The van der Waals surface area contributed by atoms with E-state index in [-0.39, 0.29) is 5.82 Å². The molecular formula is C13H19FN2O. The second-order valence-electron chi connectivity index (χ2n) is 4.48. The van der Waals surface area contributed by atoms with Crippen LogP contribution in [0.2, 0.25) is 0 Å². The Bertz CT molecular complexity index is 384. The maximum Gasteiger partial charge on any atom is 0.125 e. The molecule has 0 spiro atoms. The Balaban J connectivity index is 2.00. The van der Waals surface area contributed by atoms with Gasteiger partial charge < -0.3 is 10.5 Å². The summed E-state index contributed by atoms with van der Waals surface area (Å²) < 4.78 is 18.5. The highest BCUT2D eigenvalue weighted by Crippen LogP contribution is 2.18. The summed E-state index contributed by atoms with van der Waals surface area (Å²) in [6, 6.07) is 4.61. The maximum atomic E-state index is 12.9. The first-order chi connectivity index (χ1) is 8.19. The van der Waals surface area contributed by atoms with Crippen LogP contribution in [0.25, 0.3) is 0 Å². The van der Waals surface area contributed by atoms with E-state index in [1.807, 2.05) is 0 Å². The Morgan fingerprint density at radius 1 is 1.53 bits per heavy atom. The summed E-state index contributed by atoms with van der Waals surface area (Å²) in [5, 5.41) is 0. The number of nitrogens with zero attached hydrogens (tertiary/aromatic N) is 1.